The largest absolute Gasteiger partial charge is 0.317 e. The second-order valence-corrected chi connectivity index (χ2v) is 7.41. The number of rotatable bonds is 5. The van der Waals surface area contributed by atoms with E-state index in [1.807, 2.05) is 0 Å². The Morgan fingerprint density at radius 3 is 2.33 bits per heavy atom. The Kier molecular flexibility index (Phi) is 5.87. The molecule has 21 heavy (non-hydrogen) atoms. The third-order valence-electron chi connectivity index (χ3n) is 5.31. The van der Waals surface area contributed by atoms with Crippen molar-refractivity contribution in [3.05, 3.63) is 34.9 Å². The highest BCUT2D eigenvalue weighted by atomic mass is 14.8. The van der Waals surface area contributed by atoms with Crippen molar-refractivity contribution in [2.24, 2.45) is 17.8 Å². The summed E-state index contributed by atoms with van der Waals surface area (Å²) in [6.07, 6.45) is 4.17. The Bertz CT molecular complexity index is 429. The molecule has 0 bridgehead atoms. The summed E-state index contributed by atoms with van der Waals surface area (Å²) in [4.78, 5) is 0. The summed E-state index contributed by atoms with van der Waals surface area (Å²) in [6.45, 7) is 13.7. The van der Waals surface area contributed by atoms with Crippen LogP contribution in [0.25, 0.3) is 0 Å². The zero-order valence-electron chi connectivity index (χ0n) is 14.6. The molecule has 3 atom stereocenters. The van der Waals surface area contributed by atoms with Crippen molar-refractivity contribution in [2.45, 2.75) is 59.8 Å². The minimum absolute atomic E-state index is 0.740. The van der Waals surface area contributed by atoms with Gasteiger partial charge in [0.15, 0.2) is 0 Å². The molecule has 0 saturated heterocycles. The Morgan fingerprint density at radius 1 is 1.10 bits per heavy atom. The van der Waals surface area contributed by atoms with Crippen LogP contribution < -0.4 is 5.32 Å². The number of nitrogens with one attached hydrogen (secondary N) is 1. The third-order valence-corrected chi connectivity index (χ3v) is 5.31. The number of aryl methyl sites for hydroxylation is 2. The third kappa shape index (κ3) is 4.32. The van der Waals surface area contributed by atoms with Gasteiger partial charge in [-0.3, -0.25) is 0 Å². The van der Waals surface area contributed by atoms with E-state index in [0.29, 0.717) is 0 Å². The lowest BCUT2D eigenvalue weighted by Gasteiger charge is -2.38. The highest BCUT2D eigenvalue weighted by Crippen LogP contribution is 2.43. The lowest BCUT2D eigenvalue weighted by atomic mass is 9.68. The molecule has 1 saturated carbocycles. The van der Waals surface area contributed by atoms with Crippen LogP contribution in [0.2, 0.25) is 0 Å². The first kappa shape index (κ1) is 16.5. The van der Waals surface area contributed by atoms with E-state index in [2.05, 4.69) is 58.1 Å². The molecule has 1 aliphatic rings. The van der Waals surface area contributed by atoms with Gasteiger partial charge in [-0.05, 0) is 75.4 Å². The molecule has 118 valence electrons. The van der Waals surface area contributed by atoms with Crippen LogP contribution in [0.1, 0.15) is 62.6 Å². The molecule has 1 nitrogen and oxygen atoms in total. The lowest BCUT2D eigenvalue weighted by molar-refractivity contribution is 0.191. The summed E-state index contributed by atoms with van der Waals surface area (Å²) < 4.78 is 0. The molecule has 1 aromatic rings. The van der Waals surface area contributed by atoms with E-state index in [1.165, 1.54) is 36.9 Å². The fourth-order valence-electron chi connectivity index (χ4n) is 4.08. The van der Waals surface area contributed by atoms with E-state index in [-0.39, 0.29) is 0 Å². The van der Waals surface area contributed by atoms with Crippen LogP contribution in [-0.4, -0.2) is 13.1 Å². The Labute approximate surface area is 131 Å². The van der Waals surface area contributed by atoms with Crippen LogP contribution in [0.5, 0.6) is 0 Å². The van der Waals surface area contributed by atoms with E-state index in [9.17, 15) is 0 Å². The van der Waals surface area contributed by atoms with Crippen LogP contribution in [-0.2, 0) is 0 Å². The second kappa shape index (κ2) is 7.45. The number of benzene rings is 1. The van der Waals surface area contributed by atoms with Gasteiger partial charge in [0.05, 0.1) is 0 Å². The van der Waals surface area contributed by atoms with Crippen LogP contribution in [0.4, 0.5) is 0 Å². The summed E-state index contributed by atoms with van der Waals surface area (Å²) in [7, 11) is 0. The average molecular weight is 287 g/mol. The molecule has 0 spiro atoms. The fourth-order valence-corrected chi connectivity index (χ4v) is 4.08. The molecule has 2 rings (SSSR count). The maximum absolute atomic E-state index is 3.59. The van der Waals surface area contributed by atoms with E-state index in [0.717, 1.165) is 30.2 Å². The predicted octanol–water partition coefficient (Wildman–Crippen LogP) is 5.07. The fraction of sp³-hybridized carbons (Fsp3) is 0.700. The van der Waals surface area contributed by atoms with Gasteiger partial charge in [0, 0.05) is 0 Å². The first-order valence-electron chi connectivity index (χ1n) is 8.80. The van der Waals surface area contributed by atoms with Gasteiger partial charge in [-0.15, -0.1) is 0 Å². The van der Waals surface area contributed by atoms with Crippen molar-refractivity contribution in [3.63, 3.8) is 0 Å². The number of hydrogen-bond acceptors (Lipinski definition) is 1. The summed E-state index contributed by atoms with van der Waals surface area (Å²) in [5.41, 5.74) is 4.42. The summed E-state index contributed by atoms with van der Waals surface area (Å²) in [6, 6.07) is 7.16. The topological polar surface area (TPSA) is 12.0 Å². The van der Waals surface area contributed by atoms with Gasteiger partial charge in [-0.25, -0.2) is 0 Å². The van der Waals surface area contributed by atoms with Crippen LogP contribution in [0.3, 0.4) is 0 Å². The molecule has 1 heteroatoms. The molecule has 1 aromatic carbocycles. The van der Waals surface area contributed by atoms with E-state index in [4.69, 9.17) is 0 Å². The average Bonchev–Trinajstić information content (AvgIpc) is 2.43. The summed E-state index contributed by atoms with van der Waals surface area (Å²) >= 11 is 0. The van der Waals surface area contributed by atoms with Crippen LogP contribution >= 0.6 is 0 Å². The highest BCUT2D eigenvalue weighted by molar-refractivity contribution is 5.31. The number of hydrogen-bond donors (Lipinski definition) is 1. The molecule has 0 aliphatic heterocycles. The second-order valence-electron chi connectivity index (χ2n) is 7.41. The molecule has 3 unspecified atom stereocenters. The smallest absolute Gasteiger partial charge is 0.00148 e. The van der Waals surface area contributed by atoms with Gasteiger partial charge >= 0.3 is 0 Å². The molecular formula is C20H33N. The SMILES string of the molecule is CCNCC1CCC(C(C)C)CC1c1cc(C)cc(C)c1. The lowest BCUT2D eigenvalue weighted by Crippen LogP contribution is -2.33. The minimum Gasteiger partial charge on any atom is -0.317 e. The summed E-state index contributed by atoms with van der Waals surface area (Å²) in [5, 5.41) is 3.59. The standard InChI is InChI=1S/C20H33N/c1-6-21-13-18-8-7-17(14(2)3)12-20(18)19-10-15(4)9-16(5)11-19/h9-11,14,17-18,20-21H,6-8,12-13H2,1-5H3. The van der Waals surface area contributed by atoms with Crippen molar-refractivity contribution in [1.82, 2.24) is 5.32 Å². The highest BCUT2D eigenvalue weighted by Gasteiger charge is 2.32. The Hall–Kier alpha value is -0.820. The minimum atomic E-state index is 0.740. The summed E-state index contributed by atoms with van der Waals surface area (Å²) in [5.74, 6) is 3.26. The van der Waals surface area contributed by atoms with Crippen LogP contribution in [0.15, 0.2) is 18.2 Å². The molecule has 0 radical (unpaired) electrons. The van der Waals surface area contributed by atoms with Crippen molar-refractivity contribution >= 4 is 0 Å². The monoisotopic (exact) mass is 287 g/mol. The van der Waals surface area contributed by atoms with Gasteiger partial charge in [0.1, 0.15) is 0 Å². The van der Waals surface area contributed by atoms with Gasteiger partial charge in [-0.2, -0.15) is 0 Å². The van der Waals surface area contributed by atoms with E-state index < -0.39 is 0 Å². The normalized spacial score (nSPS) is 26.3. The molecule has 1 aliphatic carbocycles. The van der Waals surface area contributed by atoms with E-state index in [1.54, 1.807) is 5.56 Å². The van der Waals surface area contributed by atoms with Crippen molar-refractivity contribution in [3.8, 4) is 0 Å². The van der Waals surface area contributed by atoms with Gasteiger partial charge < -0.3 is 5.32 Å². The van der Waals surface area contributed by atoms with Crippen LogP contribution in [0, 0.1) is 31.6 Å². The Balaban J connectivity index is 2.22. The molecule has 0 aromatic heterocycles. The molecule has 0 heterocycles. The van der Waals surface area contributed by atoms with Gasteiger partial charge in [-0.1, -0.05) is 50.1 Å². The molecule has 1 fully saturated rings. The van der Waals surface area contributed by atoms with Crippen molar-refractivity contribution < 1.29 is 0 Å². The van der Waals surface area contributed by atoms with Gasteiger partial charge in [0.2, 0.25) is 0 Å². The zero-order chi connectivity index (χ0) is 15.4. The van der Waals surface area contributed by atoms with E-state index >= 15 is 0 Å². The molecular weight excluding hydrogens is 254 g/mol. The maximum Gasteiger partial charge on any atom is -0.00148 e. The van der Waals surface area contributed by atoms with Crippen molar-refractivity contribution in [2.75, 3.05) is 13.1 Å². The zero-order valence-corrected chi connectivity index (χ0v) is 14.6. The molecule has 0 amide bonds. The van der Waals surface area contributed by atoms with Crippen molar-refractivity contribution in [1.29, 1.82) is 0 Å². The molecule has 1 N–H and O–H groups in total. The first-order chi connectivity index (χ1) is 10.0. The quantitative estimate of drug-likeness (QED) is 0.797. The predicted molar refractivity (Wildman–Crippen MR) is 92.9 cm³/mol. The first-order valence-corrected chi connectivity index (χ1v) is 8.80. The maximum atomic E-state index is 3.59. The van der Waals surface area contributed by atoms with Gasteiger partial charge in [0.25, 0.3) is 0 Å². The Morgan fingerprint density at radius 2 is 1.76 bits per heavy atom.